The van der Waals surface area contributed by atoms with Gasteiger partial charge in [-0.15, -0.1) is 0 Å². The van der Waals surface area contributed by atoms with E-state index in [-0.39, 0.29) is 6.61 Å². The van der Waals surface area contributed by atoms with Gasteiger partial charge in [0.15, 0.2) is 0 Å². The average molecular weight is 277 g/mol. The summed E-state index contributed by atoms with van der Waals surface area (Å²) in [6.45, 7) is 0.201. The lowest BCUT2D eigenvalue weighted by atomic mass is 9.82. The zero-order valence-corrected chi connectivity index (χ0v) is 11.4. The minimum absolute atomic E-state index is 0.201. The van der Waals surface area contributed by atoms with Crippen molar-refractivity contribution in [2.24, 2.45) is 0 Å². The van der Waals surface area contributed by atoms with E-state index in [4.69, 9.17) is 10.5 Å². The SMILES string of the molecule is Nc1ccc2c3c(cccc13)C(O)(c1ccccc1)CO2. The summed E-state index contributed by atoms with van der Waals surface area (Å²) in [7, 11) is 0. The number of benzene rings is 3. The third-order valence-electron chi connectivity index (χ3n) is 4.17. The first kappa shape index (κ1) is 12.2. The first-order valence-electron chi connectivity index (χ1n) is 6.92. The molecule has 0 bridgehead atoms. The largest absolute Gasteiger partial charge is 0.489 e. The van der Waals surface area contributed by atoms with Gasteiger partial charge in [0.25, 0.3) is 0 Å². The molecular formula is C18H15NO2. The molecule has 3 nitrogen and oxygen atoms in total. The summed E-state index contributed by atoms with van der Waals surface area (Å²) < 4.78 is 5.82. The van der Waals surface area contributed by atoms with Crippen LogP contribution in [0, 0.1) is 0 Å². The number of anilines is 1. The van der Waals surface area contributed by atoms with Crippen LogP contribution < -0.4 is 10.5 Å². The molecule has 0 aliphatic carbocycles. The van der Waals surface area contributed by atoms with E-state index in [0.717, 1.165) is 27.6 Å². The third-order valence-corrected chi connectivity index (χ3v) is 4.17. The number of aliphatic hydroxyl groups is 1. The van der Waals surface area contributed by atoms with Gasteiger partial charge in [-0.05, 0) is 17.7 Å². The van der Waals surface area contributed by atoms with Crippen molar-refractivity contribution in [1.29, 1.82) is 0 Å². The minimum Gasteiger partial charge on any atom is -0.489 e. The molecule has 0 fully saturated rings. The highest BCUT2D eigenvalue weighted by Crippen LogP contribution is 2.44. The second-order valence-corrected chi connectivity index (χ2v) is 5.40. The first-order valence-corrected chi connectivity index (χ1v) is 6.92. The molecule has 1 unspecified atom stereocenters. The van der Waals surface area contributed by atoms with E-state index in [2.05, 4.69) is 0 Å². The Morgan fingerprint density at radius 2 is 1.76 bits per heavy atom. The highest BCUT2D eigenvalue weighted by atomic mass is 16.5. The van der Waals surface area contributed by atoms with Crippen molar-refractivity contribution in [3.63, 3.8) is 0 Å². The van der Waals surface area contributed by atoms with Gasteiger partial charge < -0.3 is 15.6 Å². The van der Waals surface area contributed by atoms with Crippen LogP contribution in [0.1, 0.15) is 11.1 Å². The summed E-state index contributed by atoms with van der Waals surface area (Å²) in [5.41, 5.74) is 7.27. The number of ether oxygens (including phenoxy) is 1. The summed E-state index contributed by atoms with van der Waals surface area (Å²) in [6.07, 6.45) is 0. The molecule has 0 spiro atoms. The Hall–Kier alpha value is -2.52. The number of nitrogens with two attached hydrogens (primary N) is 1. The van der Waals surface area contributed by atoms with Gasteiger partial charge >= 0.3 is 0 Å². The van der Waals surface area contributed by atoms with Crippen LogP contribution in [0.3, 0.4) is 0 Å². The molecule has 4 rings (SSSR count). The van der Waals surface area contributed by atoms with E-state index in [1.165, 1.54) is 0 Å². The van der Waals surface area contributed by atoms with Crippen LogP contribution in [-0.2, 0) is 5.60 Å². The number of nitrogen functional groups attached to an aromatic ring is 1. The molecule has 0 aromatic heterocycles. The van der Waals surface area contributed by atoms with Crippen molar-refractivity contribution in [2.75, 3.05) is 12.3 Å². The van der Waals surface area contributed by atoms with Gasteiger partial charge in [-0.2, -0.15) is 0 Å². The van der Waals surface area contributed by atoms with E-state index in [1.54, 1.807) is 0 Å². The fraction of sp³-hybridized carbons (Fsp3) is 0.111. The summed E-state index contributed by atoms with van der Waals surface area (Å²) in [4.78, 5) is 0. The van der Waals surface area contributed by atoms with Gasteiger partial charge in [0.05, 0.1) is 0 Å². The highest BCUT2D eigenvalue weighted by molar-refractivity contribution is 6.00. The molecule has 1 aliphatic rings. The van der Waals surface area contributed by atoms with Gasteiger partial charge in [-0.3, -0.25) is 0 Å². The Labute approximate surface area is 122 Å². The van der Waals surface area contributed by atoms with Gasteiger partial charge in [-0.25, -0.2) is 0 Å². The van der Waals surface area contributed by atoms with Crippen LogP contribution in [0.25, 0.3) is 10.8 Å². The molecule has 21 heavy (non-hydrogen) atoms. The van der Waals surface area contributed by atoms with Crippen LogP contribution >= 0.6 is 0 Å². The smallest absolute Gasteiger partial charge is 0.149 e. The van der Waals surface area contributed by atoms with Crippen LogP contribution in [0.15, 0.2) is 60.7 Å². The Morgan fingerprint density at radius 3 is 2.57 bits per heavy atom. The molecule has 3 aromatic carbocycles. The normalized spacial score (nSPS) is 20.2. The third kappa shape index (κ3) is 1.64. The fourth-order valence-corrected chi connectivity index (χ4v) is 3.07. The van der Waals surface area contributed by atoms with Crippen molar-refractivity contribution in [1.82, 2.24) is 0 Å². The van der Waals surface area contributed by atoms with E-state index < -0.39 is 5.60 Å². The van der Waals surface area contributed by atoms with Gasteiger partial charge in [-0.1, -0.05) is 48.5 Å². The van der Waals surface area contributed by atoms with Crippen molar-refractivity contribution >= 4 is 16.5 Å². The predicted molar refractivity (Wildman–Crippen MR) is 83.3 cm³/mol. The molecule has 3 aromatic rings. The molecule has 0 saturated carbocycles. The first-order chi connectivity index (χ1) is 10.2. The van der Waals surface area contributed by atoms with Crippen LogP contribution in [0.4, 0.5) is 5.69 Å². The van der Waals surface area contributed by atoms with Crippen LogP contribution in [0.5, 0.6) is 5.75 Å². The lowest BCUT2D eigenvalue weighted by Gasteiger charge is -2.34. The van der Waals surface area contributed by atoms with E-state index in [9.17, 15) is 5.11 Å². The molecule has 3 N–H and O–H groups in total. The van der Waals surface area contributed by atoms with E-state index >= 15 is 0 Å². The number of hydrogen-bond acceptors (Lipinski definition) is 3. The van der Waals surface area contributed by atoms with Crippen molar-refractivity contribution in [2.45, 2.75) is 5.60 Å². The van der Waals surface area contributed by atoms with Gasteiger partial charge in [0, 0.05) is 22.0 Å². The highest BCUT2D eigenvalue weighted by Gasteiger charge is 2.38. The molecule has 0 amide bonds. The Bertz CT molecular complexity index is 829. The molecule has 3 heteroatoms. The maximum absolute atomic E-state index is 11.2. The maximum atomic E-state index is 11.2. The van der Waals surface area contributed by atoms with Crippen molar-refractivity contribution in [3.8, 4) is 5.75 Å². The zero-order valence-electron chi connectivity index (χ0n) is 11.4. The molecule has 1 heterocycles. The van der Waals surface area contributed by atoms with Crippen molar-refractivity contribution in [3.05, 3.63) is 71.8 Å². The van der Waals surface area contributed by atoms with Gasteiger partial charge in [0.2, 0.25) is 0 Å². The second kappa shape index (κ2) is 4.24. The second-order valence-electron chi connectivity index (χ2n) is 5.40. The summed E-state index contributed by atoms with van der Waals surface area (Å²) >= 11 is 0. The summed E-state index contributed by atoms with van der Waals surface area (Å²) in [6, 6.07) is 19.1. The molecule has 104 valence electrons. The lowest BCUT2D eigenvalue weighted by molar-refractivity contribution is 0.0236. The Morgan fingerprint density at radius 1 is 0.952 bits per heavy atom. The fourth-order valence-electron chi connectivity index (χ4n) is 3.07. The molecule has 1 atom stereocenters. The molecule has 0 saturated heterocycles. The standard InChI is InChI=1S/C18H15NO2/c19-15-9-10-16-17-13(15)7-4-8-14(17)18(20,11-21-16)12-5-2-1-3-6-12/h1-10,20H,11,19H2. The van der Waals surface area contributed by atoms with E-state index in [1.807, 2.05) is 60.7 Å². The monoisotopic (exact) mass is 277 g/mol. The maximum Gasteiger partial charge on any atom is 0.149 e. The van der Waals surface area contributed by atoms with Crippen molar-refractivity contribution < 1.29 is 9.84 Å². The quantitative estimate of drug-likeness (QED) is 0.672. The summed E-state index contributed by atoms with van der Waals surface area (Å²) in [5.74, 6) is 0.774. The number of rotatable bonds is 1. The average Bonchev–Trinajstić information content (AvgIpc) is 2.54. The zero-order chi connectivity index (χ0) is 14.4. The minimum atomic E-state index is -1.15. The molecule has 0 radical (unpaired) electrons. The van der Waals surface area contributed by atoms with Crippen LogP contribution in [0.2, 0.25) is 0 Å². The molecule has 1 aliphatic heterocycles. The Balaban J connectivity index is 2.07. The Kier molecular flexibility index (Phi) is 2.47. The van der Waals surface area contributed by atoms with Crippen LogP contribution in [-0.4, -0.2) is 11.7 Å². The topological polar surface area (TPSA) is 55.5 Å². The number of hydrogen-bond donors (Lipinski definition) is 2. The van der Waals surface area contributed by atoms with Gasteiger partial charge in [0.1, 0.15) is 18.0 Å². The molecular weight excluding hydrogens is 262 g/mol. The lowest BCUT2D eigenvalue weighted by Crippen LogP contribution is -2.37. The summed E-state index contributed by atoms with van der Waals surface area (Å²) in [5, 5.41) is 13.0. The predicted octanol–water partition coefficient (Wildman–Crippen LogP) is 3.05. The van der Waals surface area contributed by atoms with E-state index in [0.29, 0.717) is 5.69 Å².